The Hall–Kier alpha value is -3.10. The van der Waals surface area contributed by atoms with Crippen LogP contribution in [0, 0.1) is 6.92 Å². The Morgan fingerprint density at radius 1 is 1.18 bits per heavy atom. The van der Waals surface area contributed by atoms with Gasteiger partial charge in [-0.2, -0.15) is 0 Å². The van der Waals surface area contributed by atoms with Crippen molar-refractivity contribution < 1.29 is 22.7 Å². The molecule has 2 aromatic carbocycles. The third kappa shape index (κ3) is 4.48. The van der Waals surface area contributed by atoms with E-state index in [9.17, 15) is 18.0 Å². The molecule has 1 aromatic heterocycles. The van der Waals surface area contributed by atoms with E-state index in [4.69, 9.17) is 16.3 Å². The Kier molecular flexibility index (Phi) is 6.81. The van der Waals surface area contributed by atoms with Crippen LogP contribution < -0.4 is 5.32 Å². The van der Waals surface area contributed by atoms with Crippen molar-refractivity contribution in [3.8, 4) is 0 Å². The van der Waals surface area contributed by atoms with E-state index >= 15 is 0 Å². The molecule has 0 bridgehead atoms. The minimum atomic E-state index is -3.85. The first-order valence-electron chi connectivity index (χ1n) is 11.0. The first-order valence-corrected chi connectivity index (χ1v) is 12.8. The number of rotatable bonds is 7. The van der Waals surface area contributed by atoms with E-state index in [0.717, 1.165) is 11.4 Å². The maximum atomic E-state index is 13.5. The number of halogens is 1. The van der Waals surface area contributed by atoms with E-state index in [1.165, 1.54) is 12.1 Å². The van der Waals surface area contributed by atoms with Gasteiger partial charge in [-0.1, -0.05) is 35.9 Å². The molecule has 4 rings (SSSR count). The van der Waals surface area contributed by atoms with Crippen LogP contribution in [0.3, 0.4) is 0 Å². The maximum Gasteiger partial charge on any atom is 0.325 e. The number of amides is 1. The maximum absolute atomic E-state index is 13.5. The number of nitrogens with one attached hydrogen (secondary N) is 1. The number of ether oxygens (including phenoxy) is 1. The van der Waals surface area contributed by atoms with E-state index in [0.29, 0.717) is 34.7 Å². The first-order chi connectivity index (χ1) is 16.2. The van der Waals surface area contributed by atoms with Crippen LogP contribution in [0.1, 0.15) is 39.8 Å². The van der Waals surface area contributed by atoms with Crippen LogP contribution in [0.25, 0.3) is 0 Å². The Balaban J connectivity index is 1.81. The van der Waals surface area contributed by atoms with Gasteiger partial charge in [0.1, 0.15) is 6.54 Å². The second kappa shape index (κ2) is 9.64. The van der Waals surface area contributed by atoms with Crippen LogP contribution in [-0.4, -0.2) is 38.0 Å². The van der Waals surface area contributed by atoms with E-state index in [-0.39, 0.29) is 41.2 Å². The van der Waals surface area contributed by atoms with Crippen molar-refractivity contribution in [2.45, 2.75) is 43.0 Å². The highest BCUT2D eigenvalue weighted by atomic mass is 35.5. The zero-order valence-electron chi connectivity index (χ0n) is 18.9. The second-order valence-electron chi connectivity index (χ2n) is 8.03. The highest BCUT2D eigenvalue weighted by Gasteiger charge is 2.30. The van der Waals surface area contributed by atoms with Crippen molar-refractivity contribution in [3.05, 3.63) is 81.6 Å². The van der Waals surface area contributed by atoms with Gasteiger partial charge in [0, 0.05) is 35.8 Å². The predicted molar refractivity (Wildman–Crippen MR) is 128 cm³/mol. The van der Waals surface area contributed by atoms with Crippen molar-refractivity contribution in [1.29, 1.82) is 0 Å². The minimum absolute atomic E-state index is 0.00224. The molecular weight excluding hydrogens is 476 g/mol. The summed E-state index contributed by atoms with van der Waals surface area (Å²) in [4.78, 5) is 25.3. The first kappa shape index (κ1) is 24.0. The highest BCUT2D eigenvalue weighted by molar-refractivity contribution is 7.91. The number of esters is 1. The van der Waals surface area contributed by atoms with Crippen LogP contribution in [0.4, 0.5) is 0 Å². The van der Waals surface area contributed by atoms with Crippen LogP contribution in [0.5, 0.6) is 0 Å². The predicted octanol–water partition coefficient (Wildman–Crippen LogP) is 3.72. The third-order valence-electron chi connectivity index (χ3n) is 5.96. The molecule has 0 unspecified atom stereocenters. The Bertz CT molecular complexity index is 1380. The Labute approximate surface area is 203 Å². The normalized spacial score (nSPS) is 13.3. The molecule has 0 saturated carbocycles. The number of aromatic nitrogens is 1. The number of benzene rings is 2. The number of fused-ring (bicyclic) bond motifs is 1. The molecule has 0 fully saturated rings. The van der Waals surface area contributed by atoms with Gasteiger partial charge >= 0.3 is 5.97 Å². The number of carbonyl (C=O) groups excluding carboxylic acids is 2. The Morgan fingerprint density at radius 3 is 2.68 bits per heavy atom. The largest absolute Gasteiger partial charge is 0.465 e. The molecule has 7 nitrogen and oxygen atoms in total. The van der Waals surface area contributed by atoms with Crippen molar-refractivity contribution in [1.82, 2.24) is 9.88 Å². The molecule has 0 radical (unpaired) electrons. The zero-order chi connectivity index (χ0) is 24.5. The summed E-state index contributed by atoms with van der Waals surface area (Å²) < 4.78 is 33.8. The quantitative estimate of drug-likeness (QED) is 0.499. The molecule has 3 aromatic rings. The summed E-state index contributed by atoms with van der Waals surface area (Å²) in [5.41, 5.74) is 3.26. The van der Waals surface area contributed by atoms with Crippen molar-refractivity contribution in [2.75, 3.05) is 13.2 Å². The topological polar surface area (TPSA) is 94.5 Å². The summed E-state index contributed by atoms with van der Waals surface area (Å²) in [6.07, 6.45) is 0.789. The zero-order valence-corrected chi connectivity index (χ0v) is 20.5. The molecule has 178 valence electrons. The minimum Gasteiger partial charge on any atom is -0.465 e. The highest BCUT2D eigenvalue weighted by Crippen LogP contribution is 2.32. The second-order valence-corrected chi connectivity index (χ2v) is 10.4. The van der Waals surface area contributed by atoms with Gasteiger partial charge in [0.15, 0.2) is 0 Å². The summed E-state index contributed by atoms with van der Waals surface area (Å²) in [7, 11) is -3.85. The van der Waals surface area contributed by atoms with Gasteiger partial charge in [-0.25, -0.2) is 8.42 Å². The Morgan fingerprint density at radius 2 is 1.94 bits per heavy atom. The fourth-order valence-electron chi connectivity index (χ4n) is 4.40. The standard InChI is InChI=1S/C25H25ClN2O5S/c1-3-33-23(29)15-28-16(2)20(24-21(28)11-12-27-25(24)30)13-17-7-4-5-10-22(17)34(31,32)19-9-6-8-18(26)14-19/h4-10,14H,3,11-13,15H2,1-2H3,(H,27,30). The summed E-state index contributed by atoms with van der Waals surface area (Å²) >= 11 is 6.04. The molecule has 0 aliphatic carbocycles. The number of nitrogens with zero attached hydrogens (tertiary/aromatic N) is 1. The van der Waals surface area contributed by atoms with Gasteiger partial charge in [-0.3, -0.25) is 9.59 Å². The van der Waals surface area contributed by atoms with Gasteiger partial charge in [0.25, 0.3) is 5.91 Å². The summed E-state index contributed by atoms with van der Waals surface area (Å²) in [6.45, 7) is 4.32. The van der Waals surface area contributed by atoms with E-state index in [2.05, 4.69) is 5.32 Å². The lowest BCUT2D eigenvalue weighted by Gasteiger charge is -2.17. The molecule has 1 N–H and O–H groups in total. The van der Waals surface area contributed by atoms with Crippen LogP contribution in [0.15, 0.2) is 58.3 Å². The molecule has 0 atom stereocenters. The lowest BCUT2D eigenvalue weighted by Crippen LogP contribution is -2.33. The van der Waals surface area contributed by atoms with Crippen molar-refractivity contribution in [3.63, 3.8) is 0 Å². The number of hydrogen-bond acceptors (Lipinski definition) is 5. The molecular formula is C25H25ClN2O5S. The number of sulfone groups is 1. The lowest BCUT2D eigenvalue weighted by molar-refractivity contribution is -0.143. The number of carbonyl (C=O) groups is 2. The van der Waals surface area contributed by atoms with Gasteiger partial charge < -0.3 is 14.6 Å². The molecule has 0 spiro atoms. The summed E-state index contributed by atoms with van der Waals surface area (Å²) in [5.74, 6) is -0.609. The van der Waals surface area contributed by atoms with Gasteiger partial charge in [0.05, 0.1) is 22.0 Å². The molecule has 1 amide bonds. The third-order valence-corrected chi connectivity index (χ3v) is 8.05. The molecule has 34 heavy (non-hydrogen) atoms. The summed E-state index contributed by atoms with van der Waals surface area (Å²) in [5, 5.41) is 3.19. The molecule has 9 heteroatoms. The lowest BCUT2D eigenvalue weighted by atomic mass is 9.97. The molecule has 2 heterocycles. The van der Waals surface area contributed by atoms with Crippen molar-refractivity contribution in [2.24, 2.45) is 0 Å². The van der Waals surface area contributed by atoms with Crippen LogP contribution in [-0.2, 0) is 38.8 Å². The van der Waals surface area contributed by atoms with Gasteiger partial charge in [-0.05, 0) is 49.2 Å². The van der Waals surface area contributed by atoms with Crippen molar-refractivity contribution >= 4 is 33.3 Å². The van der Waals surface area contributed by atoms with Gasteiger partial charge in [0.2, 0.25) is 9.84 Å². The molecule has 1 aliphatic rings. The van der Waals surface area contributed by atoms with Gasteiger partial charge in [-0.15, -0.1) is 0 Å². The average molecular weight is 501 g/mol. The van der Waals surface area contributed by atoms with E-state index in [1.807, 2.05) is 11.5 Å². The molecule has 0 saturated heterocycles. The fourth-order valence-corrected chi connectivity index (χ4v) is 6.19. The van der Waals surface area contributed by atoms with Crippen LogP contribution in [0.2, 0.25) is 5.02 Å². The number of hydrogen-bond donors (Lipinski definition) is 1. The molecule has 1 aliphatic heterocycles. The van der Waals surface area contributed by atoms with Crippen LogP contribution >= 0.6 is 11.6 Å². The van der Waals surface area contributed by atoms with E-state index < -0.39 is 9.84 Å². The smallest absolute Gasteiger partial charge is 0.325 e. The average Bonchev–Trinajstić information content (AvgIpc) is 3.06. The summed E-state index contributed by atoms with van der Waals surface area (Å²) in [6, 6.07) is 12.9. The SMILES string of the molecule is CCOC(=O)Cn1c(C)c(Cc2ccccc2S(=O)(=O)c2cccc(Cl)c2)c2c1CCNC2=O. The fraction of sp³-hybridized carbons (Fsp3) is 0.280. The monoisotopic (exact) mass is 500 g/mol. The van der Waals surface area contributed by atoms with E-state index in [1.54, 1.807) is 43.3 Å².